The van der Waals surface area contributed by atoms with Gasteiger partial charge < -0.3 is 9.30 Å². The minimum Gasteiger partial charge on any atom is -0.385 e. The summed E-state index contributed by atoms with van der Waals surface area (Å²) >= 11 is 5.85. The maximum absolute atomic E-state index is 9.17. The number of nitrogens with zero attached hydrogens (tertiary/aromatic N) is 3. The van der Waals surface area contributed by atoms with Gasteiger partial charge >= 0.3 is 0 Å². The topological polar surface area (TPSA) is 50.8 Å². The first kappa shape index (κ1) is 14.8. The summed E-state index contributed by atoms with van der Waals surface area (Å²) in [5.74, 6) is 1.48. The SMILES string of the molecule is COCCCCn1c(CCCl)nc2c(C#N)cccc21. The van der Waals surface area contributed by atoms with E-state index >= 15 is 0 Å². The quantitative estimate of drug-likeness (QED) is 0.582. The molecule has 2 aromatic rings. The molecule has 0 unspecified atom stereocenters. The lowest BCUT2D eigenvalue weighted by molar-refractivity contribution is 0.191. The van der Waals surface area contributed by atoms with Crippen LogP contribution in [0.1, 0.15) is 24.2 Å². The molecular formula is C15H18ClN3O. The van der Waals surface area contributed by atoms with E-state index < -0.39 is 0 Å². The first-order valence-electron chi connectivity index (χ1n) is 6.75. The van der Waals surface area contributed by atoms with Gasteiger partial charge in [0, 0.05) is 32.6 Å². The molecule has 0 N–H and O–H groups in total. The molecule has 1 aromatic carbocycles. The lowest BCUT2D eigenvalue weighted by Gasteiger charge is -2.08. The Kier molecular flexibility index (Phi) is 5.40. The van der Waals surface area contributed by atoms with Crippen LogP contribution in [0.25, 0.3) is 11.0 Å². The molecule has 106 valence electrons. The van der Waals surface area contributed by atoms with Crippen molar-refractivity contribution in [2.75, 3.05) is 19.6 Å². The van der Waals surface area contributed by atoms with Gasteiger partial charge in [-0.2, -0.15) is 5.26 Å². The van der Waals surface area contributed by atoms with Gasteiger partial charge in [0.05, 0.1) is 11.1 Å². The lowest BCUT2D eigenvalue weighted by Crippen LogP contribution is -2.05. The van der Waals surface area contributed by atoms with Crippen LogP contribution < -0.4 is 0 Å². The third kappa shape index (κ3) is 3.12. The van der Waals surface area contributed by atoms with Crippen LogP contribution in [-0.4, -0.2) is 29.1 Å². The number of aryl methyl sites for hydroxylation is 2. The van der Waals surface area contributed by atoms with E-state index in [1.807, 2.05) is 12.1 Å². The van der Waals surface area contributed by atoms with Crippen LogP contribution in [0, 0.1) is 11.3 Å². The molecule has 0 amide bonds. The summed E-state index contributed by atoms with van der Waals surface area (Å²) in [4.78, 5) is 4.60. The molecule has 2 rings (SSSR count). The number of hydrogen-bond donors (Lipinski definition) is 0. The maximum atomic E-state index is 9.17. The Hall–Kier alpha value is -1.57. The summed E-state index contributed by atoms with van der Waals surface area (Å²) in [7, 11) is 1.71. The largest absolute Gasteiger partial charge is 0.385 e. The number of halogens is 1. The molecule has 0 radical (unpaired) electrons. The number of unbranched alkanes of at least 4 members (excludes halogenated alkanes) is 1. The summed E-state index contributed by atoms with van der Waals surface area (Å²) in [6.45, 7) is 1.64. The molecule has 0 spiro atoms. The standard InChI is InChI=1S/C15H18ClN3O/c1-20-10-3-2-9-19-13-6-4-5-12(11-17)15(13)18-14(19)7-8-16/h4-6H,2-3,7-10H2,1H3. The summed E-state index contributed by atoms with van der Waals surface area (Å²) in [6.07, 6.45) is 2.74. The summed E-state index contributed by atoms with van der Waals surface area (Å²) < 4.78 is 7.25. The van der Waals surface area contributed by atoms with Crippen LogP contribution in [0.4, 0.5) is 0 Å². The number of nitriles is 1. The number of ether oxygens (including phenoxy) is 1. The predicted octanol–water partition coefficient (Wildman–Crippen LogP) is 3.12. The Morgan fingerprint density at radius 3 is 2.95 bits per heavy atom. The third-order valence-corrected chi connectivity index (χ3v) is 3.47. The number of methoxy groups -OCH3 is 1. The number of rotatable bonds is 7. The van der Waals surface area contributed by atoms with Gasteiger partial charge in [-0.05, 0) is 25.0 Å². The van der Waals surface area contributed by atoms with Crippen LogP contribution in [0.5, 0.6) is 0 Å². The van der Waals surface area contributed by atoms with Crippen molar-refractivity contribution in [2.24, 2.45) is 0 Å². The Morgan fingerprint density at radius 1 is 1.40 bits per heavy atom. The molecular weight excluding hydrogens is 274 g/mol. The molecule has 20 heavy (non-hydrogen) atoms. The van der Waals surface area contributed by atoms with Crippen LogP contribution >= 0.6 is 11.6 Å². The fourth-order valence-corrected chi connectivity index (χ4v) is 2.50. The molecule has 1 aromatic heterocycles. The number of fused-ring (bicyclic) bond motifs is 1. The van der Waals surface area contributed by atoms with E-state index in [1.54, 1.807) is 13.2 Å². The molecule has 0 bridgehead atoms. The molecule has 0 aliphatic carbocycles. The highest BCUT2D eigenvalue weighted by molar-refractivity contribution is 6.17. The van der Waals surface area contributed by atoms with Crippen molar-refractivity contribution in [3.63, 3.8) is 0 Å². The summed E-state index contributed by atoms with van der Waals surface area (Å²) in [5.41, 5.74) is 2.41. The first-order chi connectivity index (χ1) is 9.81. The van der Waals surface area contributed by atoms with Crippen molar-refractivity contribution in [3.8, 4) is 6.07 Å². The minimum atomic E-state index is 0.531. The summed E-state index contributed by atoms with van der Waals surface area (Å²) in [6, 6.07) is 7.91. The van der Waals surface area contributed by atoms with Crippen molar-refractivity contribution >= 4 is 22.6 Å². The van der Waals surface area contributed by atoms with Crippen LogP contribution in [0.15, 0.2) is 18.2 Å². The van der Waals surface area contributed by atoms with Gasteiger partial charge in [0.1, 0.15) is 17.4 Å². The molecule has 4 nitrogen and oxygen atoms in total. The average molecular weight is 292 g/mol. The minimum absolute atomic E-state index is 0.531. The monoisotopic (exact) mass is 291 g/mol. The van der Waals surface area contributed by atoms with Crippen molar-refractivity contribution in [3.05, 3.63) is 29.6 Å². The zero-order chi connectivity index (χ0) is 14.4. The van der Waals surface area contributed by atoms with Crippen molar-refractivity contribution < 1.29 is 4.74 Å². The van der Waals surface area contributed by atoms with Gasteiger partial charge in [-0.3, -0.25) is 0 Å². The molecule has 0 aliphatic rings. The van der Waals surface area contributed by atoms with E-state index in [4.69, 9.17) is 21.6 Å². The maximum Gasteiger partial charge on any atom is 0.111 e. The van der Waals surface area contributed by atoms with Gasteiger partial charge in [0.25, 0.3) is 0 Å². The second-order valence-electron chi connectivity index (χ2n) is 4.60. The van der Waals surface area contributed by atoms with E-state index in [9.17, 15) is 0 Å². The number of para-hydroxylation sites is 1. The molecule has 0 saturated carbocycles. The Bertz CT molecular complexity index is 615. The number of alkyl halides is 1. The third-order valence-electron chi connectivity index (χ3n) is 3.28. The molecule has 1 heterocycles. The Morgan fingerprint density at radius 2 is 2.25 bits per heavy atom. The highest BCUT2D eigenvalue weighted by Crippen LogP contribution is 2.21. The second-order valence-corrected chi connectivity index (χ2v) is 4.98. The van der Waals surface area contributed by atoms with E-state index in [2.05, 4.69) is 15.6 Å². The van der Waals surface area contributed by atoms with E-state index in [0.29, 0.717) is 17.9 Å². The van der Waals surface area contributed by atoms with E-state index in [-0.39, 0.29) is 0 Å². The van der Waals surface area contributed by atoms with E-state index in [0.717, 1.165) is 42.9 Å². The number of benzene rings is 1. The number of imidazole rings is 1. The van der Waals surface area contributed by atoms with Crippen molar-refractivity contribution in [1.29, 1.82) is 5.26 Å². The number of aromatic nitrogens is 2. The van der Waals surface area contributed by atoms with Crippen LogP contribution in [-0.2, 0) is 17.7 Å². The van der Waals surface area contributed by atoms with Crippen molar-refractivity contribution in [2.45, 2.75) is 25.8 Å². The molecule has 0 atom stereocenters. The zero-order valence-electron chi connectivity index (χ0n) is 11.6. The van der Waals surface area contributed by atoms with Gasteiger partial charge in [-0.1, -0.05) is 6.07 Å². The lowest BCUT2D eigenvalue weighted by atomic mass is 10.2. The van der Waals surface area contributed by atoms with Crippen LogP contribution in [0.3, 0.4) is 0 Å². The Labute approximate surface area is 123 Å². The molecule has 0 saturated heterocycles. The van der Waals surface area contributed by atoms with Crippen LogP contribution in [0.2, 0.25) is 0 Å². The smallest absolute Gasteiger partial charge is 0.111 e. The fraction of sp³-hybridized carbons (Fsp3) is 0.467. The fourth-order valence-electron chi connectivity index (χ4n) is 2.33. The number of hydrogen-bond acceptors (Lipinski definition) is 3. The highest BCUT2D eigenvalue weighted by atomic mass is 35.5. The highest BCUT2D eigenvalue weighted by Gasteiger charge is 2.12. The van der Waals surface area contributed by atoms with Gasteiger partial charge in [-0.15, -0.1) is 11.6 Å². The second kappa shape index (κ2) is 7.28. The molecule has 5 heteroatoms. The molecule has 0 aliphatic heterocycles. The first-order valence-corrected chi connectivity index (χ1v) is 7.28. The van der Waals surface area contributed by atoms with Gasteiger partial charge in [0.2, 0.25) is 0 Å². The van der Waals surface area contributed by atoms with Gasteiger partial charge in [-0.25, -0.2) is 4.98 Å². The van der Waals surface area contributed by atoms with Gasteiger partial charge in [0.15, 0.2) is 0 Å². The molecule has 0 fully saturated rings. The van der Waals surface area contributed by atoms with E-state index in [1.165, 1.54) is 0 Å². The summed E-state index contributed by atoms with van der Waals surface area (Å²) in [5, 5.41) is 9.17. The zero-order valence-corrected chi connectivity index (χ0v) is 12.4. The normalized spacial score (nSPS) is 10.8. The Balaban J connectivity index is 2.34. The van der Waals surface area contributed by atoms with Crippen molar-refractivity contribution in [1.82, 2.24) is 9.55 Å². The predicted molar refractivity (Wildman–Crippen MR) is 80.0 cm³/mol. The average Bonchev–Trinajstić information content (AvgIpc) is 2.82.